The molecule has 0 unspecified atom stereocenters. The smallest absolute Gasteiger partial charge is 0.323 e. The number of para-hydroxylation sites is 1. The van der Waals surface area contributed by atoms with Gasteiger partial charge in [0.25, 0.3) is 0 Å². The minimum atomic E-state index is -0.333. The van der Waals surface area contributed by atoms with Crippen molar-refractivity contribution in [2.75, 3.05) is 7.11 Å². The number of ether oxygens (including phenoxy) is 1. The van der Waals surface area contributed by atoms with Crippen molar-refractivity contribution in [1.82, 2.24) is 9.88 Å². The number of nitrogens with one attached hydrogen (secondary N) is 1. The van der Waals surface area contributed by atoms with Crippen LogP contribution in [-0.4, -0.2) is 29.6 Å². The summed E-state index contributed by atoms with van der Waals surface area (Å²) in [5.41, 5.74) is 3.09. The molecular weight excluding hydrogens is 268 g/mol. The van der Waals surface area contributed by atoms with Crippen LogP contribution in [0.5, 0.6) is 0 Å². The normalized spacial score (nSPS) is 24.0. The van der Waals surface area contributed by atoms with Crippen LogP contribution in [0.25, 0.3) is 10.9 Å². The SMILES string of the molecule is COC(=O)[C@@H]1Cc2c3n(c4ccccc24)C(=O)CC[C@@H]3N1. The Labute approximate surface area is 121 Å². The first-order valence-corrected chi connectivity index (χ1v) is 7.20. The summed E-state index contributed by atoms with van der Waals surface area (Å²) in [6, 6.07) is 7.63. The quantitative estimate of drug-likeness (QED) is 0.811. The summed E-state index contributed by atoms with van der Waals surface area (Å²) in [6.07, 6.45) is 1.80. The van der Waals surface area contributed by atoms with Gasteiger partial charge in [-0.2, -0.15) is 0 Å². The second kappa shape index (κ2) is 4.43. The molecule has 108 valence electrons. The fourth-order valence-corrected chi connectivity index (χ4v) is 3.65. The average Bonchev–Trinajstić information content (AvgIpc) is 2.86. The van der Waals surface area contributed by atoms with Gasteiger partial charge in [-0.15, -0.1) is 0 Å². The van der Waals surface area contributed by atoms with E-state index in [1.165, 1.54) is 7.11 Å². The Bertz CT molecular complexity index is 762. The van der Waals surface area contributed by atoms with Crippen LogP contribution in [0.15, 0.2) is 24.3 Å². The highest BCUT2D eigenvalue weighted by atomic mass is 16.5. The number of aromatic nitrogens is 1. The molecule has 2 aliphatic rings. The van der Waals surface area contributed by atoms with E-state index in [1.807, 2.05) is 28.8 Å². The van der Waals surface area contributed by atoms with E-state index in [0.29, 0.717) is 12.8 Å². The molecule has 0 saturated carbocycles. The number of nitrogens with zero attached hydrogens (tertiary/aromatic N) is 1. The second-order valence-electron chi connectivity index (χ2n) is 5.65. The summed E-state index contributed by atoms with van der Waals surface area (Å²) in [6.45, 7) is 0. The molecule has 0 bridgehead atoms. The minimum absolute atomic E-state index is 0.0444. The van der Waals surface area contributed by atoms with Crippen molar-refractivity contribution >= 4 is 22.8 Å². The highest BCUT2D eigenvalue weighted by Gasteiger charge is 2.38. The molecule has 0 radical (unpaired) electrons. The number of hydrogen-bond acceptors (Lipinski definition) is 4. The second-order valence-corrected chi connectivity index (χ2v) is 5.65. The Morgan fingerprint density at radius 2 is 2.19 bits per heavy atom. The van der Waals surface area contributed by atoms with Gasteiger partial charge in [0.05, 0.1) is 12.6 Å². The molecular formula is C16H16N2O3. The third-order valence-corrected chi connectivity index (χ3v) is 4.54. The van der Waals surface area contributed by atoms with Gasteiger partial charge in [0, 0.05) is 30.0 Å². The van der Waals surface area contributed by atoms with E-state index in [2.05, 4.69) is 5.32 Å². The van der Waals surface area contributed by atoms with E-state index >= 15 is 0 Å². The first-order valence-electron chi connectivity index (χ1n) is 7.20. The van der Waals surface area contributed by atoms with Gasteiger partial charge in [-0.25, -0.2) is 0 Å². The van der Waals surface area contributed by atoms with Crippen LogP contribution in [0.3, 0.4) is 0 Å². The molecule has 5 nitrogen and oxygen atoms in total. The lowest BCUT2D eigenvalue weighted by molar-refractivity contribution is -0.143. The summed E-state index contributed by atoms with van der Waals surface area (Å²) in [5, 5.41) is 4.41. The molecule has 0 aliphatic carbocycles. The van der Waals surface area contributed by atoms with Crippen molar-refractivity contribution in [3.63, 3.8) is 0 Å². The highest BCUT2D eigenvalue weighted by Crippen LogP contribution is 2.39. The van der Waals surface area contributed by atoms with E-state index in [1.54, 1.807) is 0 Å². The summed E-state index contributed by atoms with van der Waals surface area (Å²) < 4.78 is 6.71. The largest absolute Gasteiger partial charge is 0.468 e. The van der Waals surface area contributed by atoms with E-state index in [0.717, 1.165) is 28.6 Å². The lowest BCUT2D eigenvalue weighted by Gasteiger charge is -2.33. The number of esters is 1. The van der Waals surface area contributed by atoms with Crippen LogP contribution in [0.1, 0.15) is 34.9 Å². The fraction of sp³-hybridized carbons (Fsp3) is 0.375. The monoisotopic (exact) mass is 284 g/mol. The first kappa shape index (κ1) is 12.6. The average molecular weight is 284 g/mol. The van der Waals surface area contributed by atoms with Crippen molar-refractivity contribution in [2.24, 2.45) is 0 Å². The van der Waals surface area contributed by atoms with Gasteiger partial charge >= 0.3 is 5.97 Å². The molecule has 1 N–H and O–H groups in total. The molecule has 2 aromatic rings. The molecule has 3 heterocycles. The van der Waals surface area contributed by atoms with Gasteiger partial charge in [-0.3, -0.25) is 19.5 Å². The Morgan fingerprint density at radius 1 is 1.38 bits per heavy atom. The van der Waals surface area contributed by atoms with Crippen molar-refractivity contribution in [3.05, 3.63) is 35.5 Å². The zero-order chi connectivity index (χ0) is 14.6. The zero-order valence-electron chi connectivity index (χ0n) is 11.8. The Kier molecular flexibility index (Phi) is 2.65. The third-order valence-electron chi connectivity index (χ3n) is 4.54. The molecule has 5 heteroatoms. The van der Waals surface area contributed by atoms with E-state index in [-0.39, 0.29) is 24.0 Å². The zero-order valence-corrected chi connectivity index (χ0v) is 11.8. The summed E-state index contributed by atoms with van der Waals surface area (Å²) >= 11 is 0. The molecule has 2 aliphatic heterocycles. The van der Waals surface area contributed by atoms with Crippen LogP contribution in [0.2, 0.25) is 0 Å². The maximum atomic E-state index is 12.3. The van der Waals surface area contributed by atoms with Gasteiger partial charge in [-0.05, 0) is 18.1 Å². The third kappa shape index (κ3) is 1.67. The molecule has 0 fully saturated rings. The molecule has 1 aromatic carbocycles. The molecule has 1 aromatic heterocycles. The lowest BCUT2D eigenvalue weighted by Crippen LogP contribution is -2.47. The Balaban J connectivity index is 1.96. The topological polar surface area (TPSA) is 60.3 Å². The molecule has 2 atom stereocenters. The standard InChI is InChI=1S/C16H16N2O3/c1-21-16(20)12-8-10-9-4-2-3-5-13(9)18-14(19)7-6-11(17-12)15(10)18/h2-5,11-12,17H,6-8H2,1H3/t11-,12-/m0/s1. The molecule has 21 heavy (non-hydrogen) atoms. The van der Waals surface area contributed by atoms with Crippen molar-refractivity contribution in [2.45, 2.75) is 31.3 Å². The van der Waals surface area contributed by atoms with E-state index in [4.69, 9.17) is 4.74 Å². The van der Waals surface area contributed by atoms with Gasteiger partial charge in [-0.1, -0.05) is 18.2 Å². The van der Waals surface area contributed by atoms with Gasteiger partial charge in [0.15, 0.2) is 0 Å². The summed E-state index contributed by atoms with van der Waals surface area (Å²) in [7, 11) is 1.41. The Hall–Kier alpha value is -2.14. The predicted molar refractivity (Wildman–Crippen MR) is 77.2 cm³/mol. The van der Waals surface area contributed by atoms with Gasteiger partial charge < -0.3 is 4.74 Å². The van der Waals surface area contributed by atoms with E-state index < -0.39 is 0 Å². The van der Waals surface area contributed by atoms with Crippen LogP contribution in [-0.2, 0) is 16.0 Å². The minimum Gasteiger partial charge on any atom is -0.468 e. The van der Waals surface area contributed by atoms with Gasteiger partial charge in [0.1, 0.15) is 6.04 Å². The number of carbonyl (C=O) groups excluding carboxylic acids is 2. The molecule has 0 saturated heterocycles. The van der Waals surface area contributed by atoms with E-state index in [9.17, 15) is 9.59 Å². The molecule has 0 amide bonds. The number of rotatable bonds is 1. The Morgan fingerprint density at radius 3 is 3.00 bits per heavy atom. The number of methoxy groups -OCH3 is 1. The van der Waals surface area contributed by atoms with Crippen LogP contribution < -0.4 is 5.32 Å². The van der Waals surface area contributed by atoms with Crippen molar-refractivity contribution < 1.29 is 14.3 Å². The summed E-state index contributed by atoms with van der Waals surface area (Å²) in [5.74, 6) is -0.101. The number of hydrogen-bond donors (Lipinski definition) is 1. The van der Waals surface area contributed by atoms with Gasteiger partial charge in [0.2, 0.25) is 5.91 Å². The molecule has 0 spiro atoms. The van der Waals surface area contributed by atoms with Crippen LogP contribution in [0, 0.1) is 0 Å². The maximum Gasteiger partial charge on any atom is 0.323 e. The number of fused-ring (bicyclic) bond motifs is 3. The number of benzene rings is 1. The van der Waals surface area contributed by atoms with Crippen molar-refractivity contribution in [3.8, 4) is 0 Å². The van der Waals surface area contributed by atoms with Crippen molar-refractivity contribution in [1.29, 1.82) is 0 Å². The molecule has 4 rings (SSSR count). The predicted octanol–water partition coefficient (Wildman–Crippen LogP) is 1.80. The highest BCUT2D eigenvalue weighted by molar-refractivity contribution is 5.98. The fourth-order valence-electron chi connectivity index (χ4n) is 3.65. The number of carbonyl (C=O) groups is 2. The van der Waals surface area contributed by atoms with Crippen LogP contribution >= 0.6 is 0 Å². The maximum absolute atomic E-state index is 12.3. The lowest BCUT2D eigenvalue weighted by atomic mass is 9.90. The van der Waals surface area contributed by atoms with Crippen LogP contribution in [0.4, 0.5) is 0 Å². The first-order chi connectivity index (χ1) is 10.2. The summed E-state index contributed by atoms with van der Waals surface area (Å²) in [4.78, 5) is 24.2.